The average molecular weight is 262 g/mol. The third-order valence-corrected chi connectivity index (χ3v) is 3.76. The van der Waals surface area contributed by atoms with Crippen molar-refractivity contribution in [1.29, 1.82) is 0 Å². The minimum absolute atomic E-state index is 0.129. The van der Waals surface area contributed by atoms with Crippen LogP contribution in [0.4, 0.5) is 5.69 Å². The molecule has 0 radical (unpaired) electrons. The zero-order chi connectivity index (χ0) is 13.7. The van der Waals surface area contributed by atoms with E-state index in [9.17, 15) is 4.79 Å². The van der Waals surface area contributed by atoms with Crippen molar-refractivity contribution in [3.8, 4) is 0 Å². The van der Waals surface area contributed by atoms with Crippen LogP contribution < -0.4 is 16.6 Å². The molecule has 1 aliphatic carbocycles. The molecule has 2 atom stereocenters. The maximum Gasteiger partial charge on any atom is 0.269 e. The molecule has 0 spiro atoms. The SMILES string of the molecule is CC1CCCC(CNC(=O)c2cc(NN)ccn2)C1. The lowest BCUT2D eigenvalue weighted by Gasteiger charge is -2.26. The smallest absolute Gasteiger partial charge is 0.269 e. The first kappa shape index (κ1) is 13.8. The lowest BCUT2D eigenvalue weighted by Crippen LogP contribution is -2.32. The highest BCUT2D eigenvalue weighted by molar-refractivity contribution is 5.93. The summed E-state index contributed by atoms with van der Waals surface area (Å²) in [6.07, 6.45) is 6.58. The summed E-state index contributed by atoms with van der Waals surface area (Å²) in [4.78, 5) is 16.1. The van der Waals surface area contributed by atoms with Crippen LogP contribution in [0.2, 0.25) is 0 Å². The van der Waals surface area contributed by atoms with Gasteiger partial charge in [0.15, 0.2) is 0 Å². The van der Waals surface area contributed by atoms with Crippen LogP contribution in [0, 0.1) is 11.8 Å². The zero-order valence-electron chi connectivity index (χ0n) is 11.4. The molecular formula is C14H22N4O. The largest absolute Gasteiger partial charge is 0.350 e. The number of hydrogen-bond acceptors (Lipinski definition) is 4. The maximum absolute atomic E-state index is 12.0. The standard InChI is InChI=1S/C14H22N4O/c1-10-3-2-4-11(7-10)9-17-14(19)13-8-12(18-15)5-6-16-13/h5-6,8,10-11H,2-4,7,9,15H2,1H3,(H,16,18)(H,17,19). The summed E-state index contributed by atoms with van der Waals surface area (Å²) in [5.41, 5.74) is 3.60. The van der Waals surface area contributed by atoms with Crippen molar-refractivity contribution in [2.75, 3.05) is 12.0 Å². The number of nitrogens with zero attached hydrogens (tertiary/aromatic N) is 1. The van der Waals surface area contributed by atoms with Crippen molar-refractivity contribution in [3.63, 3.8) is 0 Å². The van der Waals surface area contributed by atoms with Crippen molar-refractivity contribution in [2.45, 2.75) is 32.6 Å². The molecule has 1 saturated carbocycles. The normalized spacial score (nSPS) is 22.8. The summed E-state index contributed by atoms with van der Waals surface area (Å²) in [6.45, 7) is 3.02. The fourth-order valence-corrected chi connectivity index (χ4v) is 2.72. The molecule has 2 unspecified atom stereocenters. The first-order chi connectivity index (χ1) is 9.19. The number of carbonyl (C=O) groups excluding carboxylic acids is 1. The van der Waals surface area contributed by atoms with Crippen molar-refractivity contribution in [2.24, 2.45) is 17.7 Å². The molecule has 1 aromatic heterocycles. The van der Waals surface area contributed by atoms with E-state index in [2.05, 4.69) is 22.7 Å². The minimum atomic E-state index is -0.129. The van der Waals surface area contributed by atoms with Crippen LogP contribution in [0.25, 0.3) is 0 Å². The van der Waals surface area contributed by atoms with Gasteiger partial charge in [-0.05, 0) is 36.8 Å². The van der Waals surface area contributed by atoms with Crippen molar-refractivity contribution in [1.82, 2.24) is 10.3 Å². The maximum atomic E-state index is 12.0. The Morgan fingerprint density at radius 3 is 3.11 bits per heavy atom. The summed E-state index contributed by atoms with van der Waals surface area (Å²) < 4.78 is 0. The van der Waals surface area contributed by atoms with Crippen LogP contribution in [0.15, 0.2) is 18.3 Å². The van der Waals surface area contributed by atoms with E-state index in [1.54, 1.807) is 18.3 Å². The first-order valence-corrected chi connectivity index (χ1v) is 6.90. The van der Waals surface area contributed by atoms with Crippen molar-refractivity contribution in [3.05, 3.63) is 24.0 Å². The first-order valence-electron chi connectivity index (χ1n) is 6.90. The van der Waals surface area contributed by atoms with Crippen LogP contribution in [0.5, 0.6) is 0 Å². The molecule has 1 amide bonds. The van der Waals surface area contributed by atoms with Gasteiger partial charge >= 0.3 is 0 Å². The summed E-state index contributed by atoms with van der Waals surface area (Å²) in [5.74, 6) is 6.56. The Morgan fingerprint density at radius 2 is 2.37 bits per heavy atom. The molecule has 2 rings (SSSR count). The number of hydrazine groups is 1. The molecule has 0 aromatic carbocycles. The van der Waals surface area contributed by atoms with E-state index in [-0.39, 0.29) is 5.91 Å². The monoisotopic (exact) mass is 262 g/mol. The van der Waals surface area contributed by atoms with E-state index in [1.165, 1.54) is 25.7 Å². The topological polar surface area (TPSA) is 80.0 Å². The molecular weight excluding hydrogens is 240 g/mol. The summed E-state index contributed by atoms with van der Waals surface area (Å²) in [6, 6.07) is 3.37. The second-order valence-corrected chi connectivity index (χ2v) is 5.42. The molecule has 0 saturated heterocycles. The number of amides is 1. The number of pyridine rings is 1. The van der Waals surface area contributed by atoms with Gasteiger partial charge in [-0.15, -0.1) is 0 Å². The molecule has 19 heavy (non-hydrogen) atoms. The summed E-state index contributed by atoms with van der Waals surface area (Å²) in [7, 11) is 0. The fourth-order valence-electron chi connectivity index (χ4n) is 2.72. The Bertz CT molecular complexity index is 435. The van der Waals surface area contributed by atoms with Crippen LogP contribution in [-0.2, 0) is 0 Å². The van der Waals surface area contributed by atoms with Gasteiger partial charge < -0.3 is 10.7 Å². The van der Waals surface area contributed by atoms with Gasteiger partial charge in [0.2, 0.25) is 0 Å². The quantitative estimate of drug-likeness (QED) is 0.572. The van der Waals surface area contributed by atoms with Gasteiger partial charge in [-0.3, -0.25) is 15.6 Å². The molecule has 0 bridgehead atoms. The Kier molecular flexibility index (Phi) is 4.74. The van der Waals surface area contributed by atoms with Gasteiger partial charge in [0.25, 0.3) is 5.91 Å². The molecule has 0 aliphatic heterocycles. The van der Waals surface area contributed by atoms with Crippen LogP contribution in [0.1, 0.15) is 43.1 Å². The van der Waals surface area contributed by atoms with E-state index in [4.69, 9.17) is 5.84 Å². The predicted molar refractivity (Wildman–Crippen MR) is 75.5 cm³/mol. The zero-order valence-corrected chi connectivity index (χ0v) is 11.4. The van der Waals surface area contributed by atoms with Crippen LogP contribution in [0.3, 0.4) is 0 Å². The van der Waals surface area contributed by atoms with Gasteiger partial charge in [0, 0.05) is 12.7 Å². The van der Waals surface area contributed by atoms with Crippen molar-refractivity contribution >= 4 is 11.6 Å². The second-order valence-electron chi connectivity index (χ2n) is 5.42. The molecule has 4 N–H and O–H groups in total. The van der Waals surface area contributed by atoms with Gasteiger partial charge in [0.05, 0.1) is 5.69 Å². The number of rotatable bonds is 4. The highest BCUT2D eigenvalue weighted by Crippen LogP contribution is 2.27. The molecule has 5 nitrogen and oxygen atoms in total. The number of anilines is 1. The Balaban J connectivity index is 1.86. The van der Waals surface area contributed by atoms with E-state index < -0.39 is 0 Å². The highest BCUT2D eigenvalue weighted by atomic mass is 16.1. The lowest BCUT2D eigenvalue weighted by molar-refractivity contribution is 0.0936. The molecule has 1 aromatic rings. The number of nitrogens with two attached hydrogens (primary N) is 1. The second kappa shape index (κ2) is 6.52. The molecule has 1 aliphatic rings. The molecule has 104 valence electrons. The van der Waals surface area contributed by atoms with E-state index in [0.717, 1.165) is 12.5 Å². The van der Waals surface area contributed by atoms with Crippen LogP contribution >= 0.6 is 0 Å². The van der Waals surface area contributed by atoms with Gasteiger partial charge in [-0.2, -0.15) is 0 Å². The number of aromatic nitrogens is 1. The van der Waals surface area contributed by atoms with Gasteiger partial charge in [-0.25, -0.2) is 0 Å². The molecule has 1 heterocycles. The molecule has 1 fully saturated rings. The van der Waals surface area contributed by atoms with Crippen molar-refractivity contribution < 1.29 is 4.79 Å². The van der Waals surface area contributed by atoms with E-state index in [0.29, 0.717) is 17.3 Å². The van der Waals surface area contributed by atoms with Gasteiger partial charge in [0.1, 0.15) is 5.69 Å². The van der Waals surface area contributed by atoms with E-state index >= 15 is 0 Å². The molecule has 5 heteroatoms. The third-order valence-electron chi connectivity index (χ3n) is 3.76. The third kappa shape index (κ3) is 3.92. The fraction of sp³-hybridized carbons (Fsp3) is 0.571. The summed E-state index contributed by atoms with van der Waals surface area (Å²) >= 11 is 0. The predicted octanol–water partition coefficient (Wildman–Crippen LogP) is 1.92. The lowest BCUT2D eigenvalue weighted by atomic mass is 9.82. The Labute approximate surface area is 114 Å². The van der Waals surface area contributed by atoms with Crippen LogP contribution in [-0.4, -0.2) is 17.4 Å². The summed E-state index contributed by atoms with van der Waals surface area (Å²) in [5, 5.41) is 2.97. The number of carbonyl (C=O) groups is 1. The number of hydrogen-bond donors (Lipinski definition) is 3. The minimum Gasteiger partial charge on any atom is -0.350 e. The average Bonchev–Trinajstić information content (AvgIpc) is 2.45. The number of nitrogens with one attached hydrogen (secondary N) is 2. The highest BCUT2D eigenvalue weighted by Gasteiger charge is 2.19. The Morgan fingerprint density at radius 1 is 1.53 bits per heavy atom. The van der Waals surface area contributed by atoms with Gasteiger partial charge in [-0.1, -0.05) is 19.8 Å². The van der Waals surface area contributed by atoms with E-state index in [1.807, 2.05) is 0 Å². The number of nitrogen functional groups attached to an aromatic ring is 1. The Hall–Kier alpha value is -1.62.